The van der Waals surface area contributed by atoms with Crippen LogP contribution in [0.4, 0.5) is 9.93 Å². The van der Waals surface area contributed by atoms with E-state index in [1.165, 1.54) is 16.9 Å². The number of hydrogen-bond donors (Lipinski definition) is 1. The van der Waals surface area contributed by atoms with Crippen LogP contribution in [0.15, 0.2) is 34.7 Å². The van der Waals surface area contributed by atoms with Crippen molar-refractivity contribution >= 4 is 28.8 Å². The number of anilines is 1. The van der Waals surface area contributed by atoms with E-state index in [9.17, 15) is 4.79 Å². The first-order chi connectivity index (χ1) is 13.8. The van der Waals surface area contributed by atoms with Gasteiger partial charge in [-0.3, -0.25) is 10.3 Å². The molecule has 29 heavy (non-hydrogen) atoms. The molecule has 1 saturated heterocycles. The first-order valence-corrected chi connectivity index (χ1v) is 10.7. The summed E-state index contributed by atoms with van der Waals surface area (Å²) in [5.41, 5.74) is 5.76. The lowest BCUT2D eigenvalue weighted by Gasteiger charge is -2.35. The SMILES string of the molecule is Cc1csc(NN=Cc2cccc(CN3CCN(C(=O)OC(C)(C)C)CC3)c2)n1. The Balaban J connectivity index is 1.49. The number of ether oxygens (including phenoxy) is 1. The van der Waals surface area contributed by atoms with Crippen LogP contribution in [0.3, 0.4) is 0 Å². The molecule has 1 amide bonds. The molecule has 2 heterocycles. The van der Waals surface area contributed by atoms with E-state index in [0.29, 0.717) is 13.1 Å². The van der Waals surface area contributed by atoms with Crippen LogP contribution in [0.5, 0.6) is 0 Å². The molecule has 0 unspecified atom stereocenters. The molecule has 7 nitrogen and oxygen atoms in total. The van der Waals surface area contributed by atoms with Crippen molar-refractivity contribution in [1.29, 1.82) is 0 Å². The number of piperazine rings is 1. The van der Waals surface area contributed by atoms with Gasteiger partial charge in [-0.2, -0.15) is 5.10 Å². The summed E-state index contributed by atoms with van der Waals surface area (Å²) < 4.78 is 5.46. The monoisotopic (exact) mass is 415 g/mol. The highest BCUT2D eigenvalue weighted by Crippen LogP contribution is 2.15. The maximum atomic E-state index is 12.2. The Kier molecular flexibility index (Phi) is 6.87. The van der Waals surface area contributed by atoms with Crippen LogP contribution < -0.4 is 5.43 Å². The van der Waals surface area contributed by atoms with E-state index >= 15 is 0 Å². The van der Waals surface area contributed by atoms with Gasteiger partial charge in [-0.25, -0.2) is 9.78 Å². The maximum Gasteiger partial charge on any atom is 0.410 e. The molecular weight excluding hydrogens is 386 g/mol. The summed E-state index contributed by atoms with van der Waals surface area (Å²) in [7, 11) is 0. The lowest BCUT2D eigenvalue weighted by molar-refractivity contribution is 0.0139. The molecule has 1 aromatic heterocycles. The van der Waals surface area contributed by atoms with Crippen molar-refractivity contribution in [2.75, 3.05) is 31.6 Å². The molecule has 8 heteroatoms. The minimum Gasteiger partial charge on any atom is -0.444 e. The van der Waals surface area contributed by atoms with Gasteiger partial charge in [-0.05, 0) is 44.9 Å². The van der Waals surface area contributed by atoms with Crippen LogP contribution in [-0.2, 0) is 11.3 Å². The second-order valence-electron chi connectivity index (χ2n) is 8.15. The summed E-state index contributed by atoms with van der Waals surface area (Å²) in [5.74, 6) is 0. The molecule has 0 radical (unpaired) electrons. The Morgan fingerprint density at radius 1 is 1.31 bits per heavy atom. The molecule has 0 bridgehead atoms. The number of aromatic nitrogens is 1. The zero-order valence-corrected chi connectivity index (χ0v) is 18.3. The molecule has 0 saturated carbocycles. The zero-order valence-electron chi connectivity index (χ0n) is 17.5. The Bertz CT molecular complexity index is 851. The highest BCUT2D eigenvalue weighted by atomic mass is 32.1. The van der Waals surface area contributed by atoms with Gasteiger partial charge in [0.2, 0.25) is 5.13 Å². The summed E-state index contributed by atoms with van der Waals surface area (Å²) >= 11 is 1.54. The van der Waals surface area contributed by atoms with Crippen molar-refractivity contribution < 1.29 is 9.53 Å². The molecule has 1 N–H and O–H groups in total. The van der Waals surface area contributed by atoms with E-state index in [0.717, 1.165) is 36.0 Å². The molecular formula is C21H29N5O2S. The Labute approximate surface area is 176 Å². The number of nitrogens with one attached hydrogen (secondary N) is 1. The highest BCUT2D eigenvalue weighted by Gasteiger charge is 2.25. The molecule has 1 aromatic carbocycles. The van der Waals surface area contributed by atoms with Crippen LogP contribution in [0, 0.1) is 6.92 Å². The molecule has 1 aliphatic heterocycles. The van der Waals surface area contributed by atoms with Crippen molar-refractivity contribution in [2.45, 2.75) is 39.8 Å². The lowest BCUT2D eigenvalue weighted by atomic mass is 10.1. The zero-order chi connectivity index (χ0) is 20.9. The Morgan fingerprint density at radius 3 is 2.72 bits per heavy atom. The normalized spacial score (nSPS) is 15.7. The topological polar surface area (TPSA) is 70.1 Å². The maximum absolute atomic E-state index is 12.2. The average Bonchev–Trinajstić information content (AvgIpc) is 3.06. The summed E-state index contributed by atoms with van der Waals surface area (Å²) in [5, 5.41) is 7.05. The summed E-state index contributed by atoms with van der Waals surface area (Å²) in [4.78, 5) is 20.7. The van der Waals surface area contributed by atoms with Crippen LogP contribution in [0.25, 0.3) is 0 Å². The number of nitrogens with zero attached hydrogens (tertiary/aromatic N) is 4. The number of thiazole rings is 1. The molecule has 0 atom stereocenters. The lowest BCUT2D eigenvalue weighted by Crippen LogP contribution is -2.49. The van der Waals surface area contributed by atoms with Gasteiger partial charge in [0.15, 0.2) is 0 Å². The van der Waals surface area contributed by atoms with Gasteiger partial charge < -0.3 is 9.64 Å². The fourth-order valence-corrected chi connectivity index (χ4v) is 3.65. The predicted molar refractivity (Wildman–Crippen MR) is 118 cm³/mol. The Morgan fingerprint density at radius 2 is 2.07 bits per heavy atom. The Hall–Kier alpha value is -2.45. The van der Waals surface area contributed by atoms with Gasteiger partial charge in [0.25, 0.3) is 0 Å². The third-order valence-corrected chi connectivity index (χ3v) is 5.24. The highest BCUT2D eigenvalue weighted by molar-refractivity contribution is 7.13. The van der Waals surface area contributed by atoms with E-state index in [1.807, 2.05) is 45.2 Å². The minimum absolute atomic E-state index is 0.224. The first kappa shape index (κ1) is 21.3. The second-order valence-corrected chi connectivity index (χ2v) is 9.01. The van der Waals surface area contributed by atoms with Crippen LogP contribution in [-0.4, -0.2) is 58.9 Å². The number of carbonyl (C=O) groups excluding carboxylic acids is 1. The first-order valence-electron chi connectivity index (χ1n) is 9.79. The predicted octanol–water partition coefficient (Wildman–Crippen LogP) is 3.95. The standard InChI is InChI=1S/C21H29N5O2S/c1-16-15-29-19(23-16)24-22-13-17-6-5-7-18(12-17)14-25-8-10-26(11-9-25)20(27)28-21(2,3)4/h5-7,12-13,15H,8-11,14H2,1-4H3,(H,23,24). The van der Waals surface area contributed by atoms with Gasteiger partial charge in [0.1, 0.15) is 5.60 Å². The van der Waals surface area contributed by atoms with Crippen LogP contribution >= 0.6 is 11.3 Å². The number of benzene rings is 1. The van der Waals surface area contributed by atoms with Crippen LogP contribution in [0.1, 0.15) is 37.6 Å². The van der Waals surface area contributed by atoms with Crippen molar-refractivity contribution in [3.05, 3.63) is 46.5 Å². The van der Waals surface area contributed by atoms with Crippen LogP contribution in [0.2, 0.25) is 0 Å². The summed E-state index contributed by atoms with van der Waals surface area (Å²) in [6.07, 6.45) is 1.58. The number of aryl methyl sites for hydroxylation is 1. The summed E-state index contributed by atoms with van der Waals surface area (Å²) in [6, 6.07) is 8.33. The quantitative estimate of drug-likeness (QED) is 0.591. The fourth-order valence-electron chi connectivity index (χ4n) is 3.01. The van der Waals surface area contributed by atoms with Gasteiger partial charge >= 0.3 is 6.09 Å². The molecule has 156 valence electrons. The van der Waals surface area contributed by atoms with E-state index < -0.39 is 5.60 Å². The van der Waals surface area contributed by atoms with Gasteiger partial charge in [-0.15, -0.1) is 11.3 Å². The fraction of sp³-hybridized carbons (Fsp3) is 0.476. The molecule has 0 aliphatic carbocycles. The number of carbonyl (C=O) groups is 1. The summed E-state index contributed by atoms with van der Waals surface area (Å²) in [6.45, 7) is 11.5. The van der Waals surface area contributed by atoms with Crippen molar-refractivity contribution in [1.82, 2.24) is 14.8 Å². The molecule has 2 aromatic rings. The minimum atomic E-state index is -0.455. The van der Waals surface area contributed by atoms with E-state index in [-0.39, 0.29) is 6.09 Å². The van der Waals surface area contributed by atoms with Gasteiger partial charge in [0.05, 0.1) is 11.9 Å². The smallest absolute Gasteiger partial charge is 0.410 e. The van der Waals surface area contributed by atoms with Gasteiger partial charge in [-0.1, -0.05) is 18.2 Å². The average molecular weight is 416 g/mol. The molecule has 1 aliphatic rings. The number of amides is 1. The third-order valence-electron chi connectivity index (χ3n) is 4.37. The van der Waals surface area contributed by atoms with E-state index in [2.05, 4.69) is 32.5 Å². The largest absolute Gasteiger partial charge is 0.444 e. The molecule has 0 spiro atoms. The third kappa shape index (κ3) is 6.83. The second kappa shape index (κ2) is 9.37. The van der Waals surface area contributed by atoms with Crippen molar-refractivity contribution in [3.8, 4) is 0 Å². The van der Waals surface area contributed by atoms with E-state index in [1.54, 1.807) is 11.1 Å². The number of hydrazone groups is 1. The number of hydrogen-bond acceptors (Lipinski definition) is 7. The van der Waals surface area contributed by atoms with Crippen molar-refractivity contribution in [3.63, 3.8) is 0 Å². The van der Waals surface area contributed by atoms with Crippen molar-refractivity contribution in [2.24, 2.45) is 5.10 Å². The molecule has 1 fully saturated rings. The van der Waals surface area contributed by atoms with E-state index in [4.69, 9.17) is 4.74 Å². The number of rotatable bonds is 5. The molecule has 3 rings (SSSR count). The van der Waals surface area contributed by atoms with Gasteiger partial charge in [0, 0.05) is 38.1 Å².